The molecule has 13 heteroatoms. The van der Waals surface area contributed by atoms with Crippen LogP contribution >= 0.6 is 0 Å². The summed E-state index contributed by atoms with van der Waals surface area (Å²) >= 11 is 0. The van der Waals surface area contributed by atoms with Crippen LogP contribution in [0.15, 0.2) is 144 Å². The fourth-order valence-electron chi connectivity index (χ4n) is 6.66. The van der Waals surface area contributed by atoms with Gasteiger partial charge in [-0.15, -0.1) is 0 Å². The molecule has 312 valence electrons. The average Bonchev–Trinajstić information content (AvgIpc) is 3.27. The van der Waals surface area contributed by atoms with Crippen LogP contribution < -0.4 is 20.7 Å². The van der Waals surface area contributed by atoms with Gasteiger partial charge in [0.25, 0.3) is 11.8 Å². The van der Waals surface area contributed by atoms with E-state index in [-0.39, 0.29) is 36.0 Å². The molecule has 0 aliphatic rings. The summed E-state index contributed by atoms with van der Waals surface area (Å²) in [6.45, 7) is 2.57. The third kappa shape index (κ3) is 13.3. The predicted molar refractivity (Wildman–Crippen MR) is 240 cm³/mol. The van der Waals surface area contributed by atoms with Gasteiger partial charge in [0, 0.05) is 37.7 Å². The molecule has 4 N–H and O–H groups in total. The van der Waals surface area contributed by atoms with Crippen LogP contribution in [0.4, 0.5) is 11.4 Å². The number of aromatic carboxylic acids is 2. The van der Waals surface area contributed by atoms with Crippen molar-refractivity contribution >= 4 is 69.1 Å². The molecular weight excluding hydrogens is 773 g/mol. The molecule has 6 aromatic carbocycles. The number of benzene rings is 6. The Balaban J connectivity index is 0.966. The highest BCUT2D eigenvalue weighted by atomic mass is 16.5. The van der Waals surface area contributed by atoms with Crippen LogP contribution in [-0.2, 0) is 14.3 Å². The number of carboxylic acid groups (broad SMARTS) is 2. The smallest absolute Gasteiger partial charge is 0.335 e. The molecule has 0 fully saturated rings. The highest BCUT2D eigenvalue weighted by molar-refractivity contribution is 5.92. The maximum atomic E-state index is 13.0. The van der Waals surface area contributed by atoms with Gasteiger partial charge in [-0.05, 0) is 107 Å². The van der Waals surface area contributed by atoms with E-state index in [0.29, 0.717) is 37.4 Å². The first-order valence-electron chi connectivity index (χ1n) is 20.1. The second-order valence-electron chi connectivity index (χ2n) is 14.4. The molecule has 0 aliphatic carbocycles. The van der Waals surface area contributed by atoms with Gasteiger partial charge in [0.2, 0.25) is 0 Å². The molecule has 61 heavy (non-hydrogen) atoms. The first-order valence-corrected chi connectivity index (χ1v) is 20.1. The van der Waals surface area contributed by atoms with E-state index < -0.39 is 11.9 Å². The Morgan fingerprint density at radius 1 is 0.508 bits per heavy atom. The van der Waals surface area contributed by atoms with E-state index in [1.165, 1.54) is 36.7 Å². The topological polar surface area (TPSA) is 173 Å². The standard InChI is InChI=1S/C48H48N6O7/c55-45(51-49-31-35-13-17-39(18-14-35)47(57)58)33-53(43-23-21-37-9-1-3-11-41(37)29-43)25-5-7-27-61-28-8-6-26-54(44-24-22-38-10-2-4-12-42(38)30-44)34-46(56)52-50-32-36-15-19-40(20-16-36)48(59)60/h1-4,9-24,29-32H,5-8,25-28,33-34H2,(H,51,55)(H,52,56)(H,57,58)(H,59,60)/b49-31+,50-32+. The zero-order valence-corrected chi connectivity index (χ0v) is 33.7. The molecule has 2 amide bonds. The molecule has 6 rings (SSSR count). The quantitative estimate of drug-likeness (QED) is 0.0306. The third-order valence-corrected chi connectivity index (χ3v) is 9.92. The molecule has 0 saturated carbocycles. The van der Waals surface area contributed by atoms with Gasteiger partial charge in [-0.3, -0.25) is 9.59 Å². The average molecular weight is 821 g/mol. The second kappa shape index (κ2) is 22.1. The zero-order valence-electron chi connectivity index (χ0n) is 33.7. The van der Waals surface area contributed by atoms with Crippen LogP contribution in [0.2, 0.25) is 0 Å². The lowest BCUT2D eigenvalue weighted by Gasteiger charge is -2.24. The highest BCUT2D eigenvalue weighted by Gasteiger charge is 2.14. The predicted octanol–water partition coefficient (Wildman–Crippen LogP) is 7.58. The lowest BCUT2D eigenvalue weighted by atomic mass is 10.1. The number of anilines is 2. The molecule has 0 unspecified atom stereocenters. The lowest BCUT2D eigenvalue weighted by Crippen LogP contribution is -2.36. The molecule has 0 aliphatic heterocycles. The number of ether oxygens (including phenoxy) is 1. The first-order chi connectivity index (χ1) is 29.7. The summed E-state index contributed by atoms with van der Waals surface area (Å²) in [6, 6.07) is 40.9. The number of rotatable bonds is 22. The number of amides is 2. The summed E-state index contributed by atoms with van der Waals surface area (Å²) in [7, 11) is 0. The summed E-state index contributed by atoms with van der Waals surface area (Å²) in [4.78, 5) is 52.4. The first kappa shape index (κ1) is 43.2. The van der Waals surface area contributed by atoms with E-state index in [2.05, 4.69) is 45.3 Å². The highest BCUT2D eigenvalue weighted by Crippen LogP contribution is 2.24. The van der Waals surface area contributed by atoms with Gasteiger partial charge < -0.3 is 24.7 Å². The van der Waals surface area contributed by atoms with Gasteiger partial charge in [-0.25, -0.2) is 20.4 Å². The molecule has 13 nitrogen and oxygen atoms in total. The molecule has 0 bridgehead atoms. The van der Waals surface area contributed by atoms with Crippen molar-refractivity contribution < 1.29 is 34.1 Å². The van der Waals surface area contributed by atoms with Crippen molar-refractivity contribution in [2.75, 3.05) is 49.2 Å². The van der Waals surface area contributed by atoms with Crippen molar-refractivity contribution in [2.24, 2.45) is 10.2 Å². The normalized spacial score (nSPS) is 11.3. The van der Waals surface area contributed by atoms with Crippen molar-refractivity contribution in [3.05, 3.63) is 156 Å². The van der Waals surface area contributed by atoms with Gasteiger partial charge in [0.05, 0.1) is 36.6 Å². The van der Waals surface area contributed by atoms with Crippen molar-refractivity contribution in [3.8, 4) is 0 Å². The van der Waals surface area contributed by atoms with Crippen molar-refractivity contribution in [2.45, 2.75) is 25.7 Å². The van der Waals surface area contributed by atoms with E-state index >= 15 is 0 Å². The Morgan fingerprint density at radius 2 is 0.902 bits per heavy atom. The maximum Gasteiger partial charge on any atom is 0.335 e. The molecule has 0 heterocycles. The zero-order chi connectivity index (χ0) is 42.8. The molecule has 6 aromatic rings. The Labute approximate surface area is 354 Å². The molecule has 0 aromatic heterocycles. The lowest BCUT2D eigenvalue weighted by molar-refractivity contribution is -0.120. The van der Waals surface area contributed by atoms with Crippen LogP contribution in [0.25, 0.3) is 21.5 Å². The Kier molecular flexibility index (Phi) is 15.7. The molecule has 0 atom stereocenters. The van der Waals surface area contributed by atoms with E-state index in [0.717, 1.165) is 58.6 Å². The van der Waals surface area contributed by atoms with Gasteiger partial charge >= 0.3 is 11.9 Å². The Hall–Kier alpha value is -7.38. The van der Waals surface area contributed by atoms with E-state index in [4.69, 9.17) is 14.9 Å². The maximum absolute atomic E-state index is 13.0. The summed E-state index contributed by atoms with van der Waals surface area (Å²) in [5.41, 5.74) is 8.70. The number of nitrogens with one attached hydrogen (secondary N) is 2. The molecule has 0 spiro atoms. The monoisotopic (exact) mass is 820 g/mol. The van der Waals surface area contributed by atoms with Crippen LogP contribution in [0.3, 0.4) is 0 Å². The number of hydrogen-bond donors (Lipinski definition) is 4. The minimum atomic E-state index is -1.01. The largest absolute Gasteiger partial charge is 0.478 e. The number of hydrazone groups is 2. The number of nitrogens with zero attached hydrogens (tertiary/aromatic N) is 4. The van der Waals surface area contributed by atoms with Crippen LogP contribution in [-0.4, -0.2) is 85.8 Å². The SMILES string of the molecule is O=C(CN(CCCCOCCCCN(CC(=O)N/N=C/c1ccc(C(=O)O)cc1)c1ccc2ccccc2c1)c1ccc2ccccc2c1)N/N=C/c1ccc(C(=O)O)cc1. The van der Waals surface area contributed by atoms with Gasteiger partial charge in [-0.1, -0.05) is 84.9 Å². The van der Waals surface area contributed by atoms with Crippen molar-refractivity contribution in [3.63, 3.8) is 0 Å². The minimum Gasteiger partial charge on any atom is -0.478 e. The molecule has 0 saturated heterocycles. The summed E-state index contributed by atoms with van der Waals surface area (Å²) in [6.07, 6.45) is 6.13. The number of unbranched alkanes of at least 4 members (excludes halogenated alkanes) is 2. The van der Waals surface area contributed by atoms with Crippen molar-refractivity contribution in [1.82, 2.24) is 10.9 Å². The molecule has 0 radical (unpaired) electrons. The summed E-state index contributed by atoms with van der Waals surface area (Å²) in [5, 5.41) is 30.8. The van der Waals surface area contributed by atoms with Crippen LogP contribution in [0, 0.1) is 0 Å². The van der Waals surface area contributed by atoms with E-state index in [9.17, 15) is 19.2 Å². The number of hydrogen-bond acceptors (Lipinski definition) is 9. The number of carboxylic acids is 2. The summed E-state index contributed by atoms with van der Waals surface area (Å²) < 4.78 is 6.02. The minimum absolute atomic E-state index is 0.0922. The van der Waals surface area contributed by atoms with E-state index in [1.807, 2.05) is 70.5 Å². The van der Waals surface area contributed by atoms with Crippen LogP contribution in [0.1, 0.15) is 57.5 Å². The molecular formula is C48H48N6O7. The fraction of sp³-hybridized carbons (Fsp3) is 0.208. The second-order valence-corrected chi connectivity index (χ2v) is 14.4. The fourth-order valence-corrected chi connectivity index (χ4v) is 6.66. The van der Waals surface area contributed by atoms with Crippen molar-refractivity contribution in [1.29, 1.82) is 0 Å². The van der Waals surface area contributed by atoms with Crippen LogP contribution in [0.5, 0.6) is 0 Å². The number of carbonyl (C=O) groups excluding carboxylic acids is 2. The number of fused-ring (bicyclic) bond motifs is 2. The van der Waals surface area contributed by atoms with Gasteiger partial charge in [0.15, 0.2) is 0 Å². The summed E-state index contributed by atoms with van der Waals surface area (Å²) in [5.74, 6) is -2.59. The van der Waals surface area contributed by atoms with E-state index in [1.54, 1.807) is 24.3 Å². The van der Waals surface area contributed by atoms with Gasteiger partial charge in [0.1, 0.15) is 0 Å². The Morgan fingerprint density at radius 3 is 1.30 bits per heavy atom. The van der Waals surface area contributed by atoms with Gasteiger partial charge in [-0.2, -0.15) is 10.2 Å². The third-order valence-electron chi connectivity index (χ3n) is 9.92. The number of carbonyl (C=O) groups is 4. The Bertz CT molecular complexity index is 2320.